The van der Waals surface area contributed by atoms with Crippen LogP contribution < -0.4 is 10.6 Å². The summed E-state index contributed by atoms with van der Waals surface area (Å²) in [4.78, 5) is 2.43. The van der Waals surface area contributed by atoms with Crippen LogP contribution in [0.1, 0.15) is 18.4 Å². The molecule has 17 heavy (non-hydrogen) atoms. The van der Waals surface area contributed by atoms with Gasteiger partial charge in [0.25, 0.3) is 0 Å². The average molecular weight is 297 g/mol. The van der Waals surface area contributed by atoms with Crippen molar-refractivity contribution >= 4 is 21.6 Å². The highest BCUT2D eigenvalue weighted by Gasteiger charge is 2.33. The van der Waals surface area contributed by atoms with Gasteiger partial charge in [-0.05, 0) is 36.6 Å². The van der Waals surface area contributed by atoms with Crippen molar-refractivity contribution in [2.75, 3.05) is 18.0 Å². The molecule has 2 saturated heterocycles. The van der Waals surface area contributed by atoms with Crippen LogP contribution in [0, 0.1) is 0 Å². The number of halogens is 1. The van der Waals surface area contributed by atoms with E-state index in [0.717, 1.165) is 17.6 Å². The van der Waals surface area contributed by atoms with E-state index in [4.69, 9.17) is 10.5 Å². The summed E-state index contributed by atoms with van der Waals surface area (Å²) in [5.41, 5.74) is 8.16. The molecule has 1 aromatic carbocycles. The Morgan fingerprint density at radius 3 is 2.59 bits per heavy atom. The molecule has 2 N–H and O–H groups in total. The van der Waals surface area contributed by atoms with Gasteiger partial charge < -0.3 is 15.4 Å². The second-order valence-corrected chi connectivity index (χ2v) is 5.80. The topological polar surface area (TPSA) is 38.5 Å². The van der Waals surface area contributed by atoms with Crippen LogP contribution in [-0.4, -0.2) is 25.3 Å². The van der Waals surface area contributed by atoms with Gasteiger partial charge in [0.1, 0.15) is 0 Å². The zero-order chi connectivity index (χ0) is 11.8. The summed E-state index contributed by atoms with van der Waals surface area (Å²) in [6.45, 7) is 2.61. The largest absolute Gasteiger partial charge is 0.371 e. The quantitative estimate of drug-likeness (QED) is 0.910. The van der Waals surface area contributed by atoms with Gasteiger partial charge in [0.15, 0.2) is 0 Å². The molecule has 2 aliphatic heterocycles. The zero-order valence-corrected chi connectivity index (χ0v) is 11.3. The van der Waals surface area contributed by atoms with Crippen LogP contribution in [0.2, 0.25) is 0 Å². The lowest BCUT2D eigenvalue weighted by Crippen LogP contribution is -2.42. The molecule has 2 aliphatic rings. The number of nitrogens with zero attached hydrogens (tertiary/aromatic N) is 1. The summed E-state index contributed by atoms with van der Waals surface area (Å²) in [6.07, 6.45) is 3.26. The molecular weight excluding hydrogens is 280 g/mol. The van der Waals surface area contributed by atoms with E-state index in [9.17, 15) is 0 Å². The van der Waals surface area contributed by atoms with Gasteiger partial charge in [-0.2, -0.15) is 0 Å². The fourth-order valence-electron chi connectivity index (χ4n) is 2.76. The highest BCUT2D eigenvalue weighted by molar-refractivity contribution is 9.10. The Morgan fingerprint density at radius 1 is 1.24 bits per heavy atom. The Labute approximate surface area is 110 Å². The number of hydrogen-bond acceptors (Lipinski definition) is 3. The van der Waals surface area contributed by atoms with Crippen molar-refractivity contribution in [3.8, 4) is 0 Å². The number of hydrogen-bond donors (Lipinski definition) is 1. The molecule has 2 unspecified atom stereocenters. The van der Waals surface area contributed by atoms with Crippen LogP contribution in [0.15, 0.2) is 22.7 Å². The third-order valence-electron chi connectivity index (χ3n) is 3.59. The Bertz CT molecular complexity index is 412. The molecule has 0 amide bonds. The zero-order valence-electron chi connectivity index (χ0n) is 9.73. The molecule has 1 aromatic rings. The maximum atomic E-state index is 5.86. The van der Waals surface area contributed by atoms with Gasteiger partial charge in [0, 0.05) is 29.8 Å². The Kier molecular flexibility index (Phi) is 3.11. The molecule has 2 heterocycles. The minimum Gasteiger partial charge on any atom is -0.371 e. The van der Waals surface area contributed by atoms with Crippen LogP contribution in [0.25, 0.3) is 0 Å². The molecular formula is C13H17BrN2O. The van der Waals surface area contributed by atoms with Crippen LogP contribution in [0.4, 0.5) is 5.69 Å². The normalized spacial score (nSPS) is 27.5. The van der Waals surface area contributed by atoms with Crippen LogP contribution in [0.5, 0.6) is 0 Å². The predicted molar refractivity (Wildman–Crippen MR) is 72.1 cm³/mol. The van der Waals surface area contributed by atoms with Gasteiger partial charge in [0.2, 0.25) is 0 Å². The first-order chi connectivity index (χ1) is 8.24. The summed E-state index contributed by atoms with van der Waals surface area (Å²) in [5, 5.41) is 0. The Balaban J connectivity index is 1.86. The first kappa shape index (κ1) is 11.5. The van der Waals surface area contributed by atoms with E-state index in [1.165, 1.54) is 24.1 Å². The van der Waals surface area contributed by atoms with E-state index >= 15 is 0 Å². The van der Waals surface area contributed by atoms with Crippen LogP contribution in [-0.2, 0) is 11.3 Å². The monoisotopic (exact) mass is 296 g/mol. The van der Waals surface area contributed by atoms with Crippen molar-refractivity contribution in [1.82, 2.24) is 0 Å². The van der Waals surface area contributed by atoms with Crippen LogP contribution in [0.3, 0.4) is 0 Å². The smallest absolute Gasteiger partial charge is 0.0755 e. The second kappa shape index (κ2) is 4.59. The number of nitrogens with two attached hydrogens (primary N) is 1. The maximum absolute atomic E-state index is 5.86. The molecule has 3 rings (SSSR count). The molecule has 0 radical (unpaired) electrons. The number of benzene rings is 1. The Morgan fingerprint density at radius 2 is 1.94 bits per heavy atom. The van der Waals surface area contributed by atoms with Crippen molar-refractivity contribution in [2.45, 2.75) is 31.6 Å². The van der Waals surface area contributed by atoms with Crippen molar-refractivity contribution in [3.63, 3.8) is 0 Å². The van der Waals surface area contributed by atoms with Gasteiger partial charge in [-0.15, -0.1) is 0 Å². The third-order valence-corrected chi connectivity index (χ3v) is 4.04. The SMILES string of the molecule is NCc1cc(Br)cc(N2CC3CCC(C2)O3)c1. The van der Waals surface area contributed by atoms with Crippen molar-refractivity contribution < 1.29 is 4.74 Å². The number of anilines is 1. The highest BCUT2D eigenvalue weighted by atomic mass is 79.9. The lowest BCUT2D eigenvalue weighted by Gasteiger charge is -2.34. The maximum Gasteiger partial charge on any atom is 0.0755 e. The van der Waals surface area contributed by atoms with Gasteiger partial charge in [-0.25, -0.2) is 0 Å². The van der Waals surface area contributed by atoms with Crippen molar-refractivity contribution in [3.05, 3.63) is 28.2 Å². The van der Waals surface area contributed by atoms with E-state index < -0.39 is 0 Å². The van der Waals surface area contributed by atoms with Gasteiger partial charge in [-0.1, -0.05) is 15.9 Å². The predicted octanol–water partition coefficient (Wildman–Crippen LogP) is 2.28. The number of rotatable bonds is 2. The van der Waals surface area contributed by atoms with E-state index in [0.29, 0.717) is 18.8 Å². The fourth-order valence-corrected chi connectivity index (χ4v) is 3.29. The van der Waals surface area contributed by atoms with Gasteiger partial charge >= 0.3 is 0 Å². The second-order valence-electron chi connectivity index (χ2n) is 4.88. The molecule has 0 spiro atoms. The highest BCUT2D eigenvalue weighted by Crippen LogP contribution is 2.31. The molecule has 4 heteroatoms. The summed E-state index contributed by atoms with van der Waals surface area (Å²) < 4.78 is 6.96. The van der Waals surface area contributed by atoms with Crippen LogP contribution >= 0.6 is 15.9 Å². The molecule has 2 atom stereocenters. The van der Waals surface area contributed by atoms with Crippen molar-refractivity contribution in [2.24, 2.45) is 5.73 Å². The number of fused-ring (bicyclic) bond motifs is 2. The fraction of sp³-hybridized carbons (Fsp3) is 0.538. The average Bonchev–Trinajstić information content (AvgIpc) is 2.67. The molecule has 0 aromatic heterocycles. The Hall–Kier alpha value is -0.580. The molecule has 92 valence electrons. The van der Waals surface area contributed by atoms with Gasteiger partial charge in [0.05, 0.1) is 12.2 Å². The molecule has 2 bridgehead atoms. The lowest BCUT2D eigenvalue weighted by molar-refractivity contribution is 0.0305. The molecule has 0 saturated carbocycles. The minimum atomic E-state index is 0.425. The molecule has 0 aliphatic carbocycles. The third kappa shape index (κ3) is 2.34. The molecule has 3 nitrogen and oxygen atoms in total. The lowest BCUT2D eigenvalue weighted by atomic mass is 10.1. The van der Waals surface area contributed by atoms with E-state index in [1.54, 1.807) is 0 Å². The summed E-state index contributed by atoms with van der Waals surface area (Å²) in [6, 6.07) is 6.44. The van der Waals surface area contributed by atoms with Gasteiger partial charge in [-0.3, -0.25) is 0 Å². The first-order valence-corrected chi connectivity index (χ1v) is 6.94. The summed E-state index contributed by atoms with van der Waals surface area (Å²) >= 11 is 3.55. The van der Waals surface area contributed by atoms with E-state index in [-0.39, 0.29) is 0 Å². The minimum absolute atomic E-state index is 0.425. The first-order valence-electron chi connectivity index (χ1n) is 6.14. The number of morpholine rings is 1. The standard InChI is InChI=1S/C13H17BrN2O/c14-10-3-9(6-15)4-11(5-10)16-7-12-1-2-13(8-16)17-12/h3-5,12-13H,1-2,6-8,15H2. The summed E-state index contributed by atoms with van der Waals surface area (Å²) in [5.74, 6) is 0. The van der Waals surface area contributed by atoms with E-state index in [2.05, 4.69) is 39.0 Å². The number of ether oxygens (including phenoxy) is 1. The van der Waals surface area contributed by atoms with Crippen molar-refractivity contribution in [1.29, 1.82) is 0 Å². The molecule has 2 fully saturated rings. The van der Waals surface area contributed by atoms with E-state index in [1.807, 2.05) is 0 Å². The summed E-state index contributed by atoms with van der Waals surface area (Å²) in [7, 11) is 0.